The zero-order valence-electron chi connectivity index (χ0n) is 7.71. The Morgan fingerprint density at radius 3 is 2.50 bits per heavy atom. The number of carbonyl (C=O) groups excluding carboxylic acids is 1. The summed E-state index contributed by atoms with van der Waals surface area (Å²) in [5, 5.41) is -0.646. The van der Waals surface area contributed by atoms with Gasteiger partial charge in [-0.3, -0.25) is 4.79 Å². The molecule has 3 heteroatoms. The first-order valence-corrected chi connectivity index (χ1v) is 4.50. The standard InChI is InChI=1S/C9H15ClO2/c1-4-12-9(11)8(10)6-5-7(2)3/h5-8H,4H2,1-3H3. The molecule has 0 aliphatic carbocycles. The number of hydrogen-bond donors (Lipinski definition) is 0. The zero-order chi connectivity index (χ0) is 9.56. The lowest BCUT2D eigenvalue weighted by Gasteiger charge is -2.03. The molecule has 1 unspecified atom stereocenters. The second-order valence-corrected chi connectivity index (χ2v) is 3.25. The van der Waals surface area contributed by atoms with Gasteiger partial charge in [-0.1, -0.05) is 26.0 Å². The van der Waals surface area contributed by atoms with Crippen LogP contribution in [-0.4, -0.2) is 18.0 Å². The summed E-state index contributed by atoms with van der Waals surface area (Å²) >= 11 is 5.69. The average Bonchev–Trinajstić information content (AvgIpc) is 2.00. The van der Waals surface area contributed by atoms with Crippen LogP contribution in [-0.2, 0) is 9.53 Å². The molecule has 1 atom stereocenters. The smallest absolute Gasteiger partial charge is 0.327 e. The summed E-state index contributed by atoms with van der Waals surface area (Å²) in [4.78, 5) is 11.0. The van der Waals surface area contributed by atoms with Crippen molar-refractivity contribution in [1.29, 1.82) is 0 Å². The molecule has 0 saturated heterocycles. The molecule has 0 bridgehead atoms. The van der Waals surface area contributed by atoms with Gasteiger partial charge in [0, 0.05) is 0 Å². The van der Waals surface area contributed by atoms with Gasteiger partial charge in [-0.15, -0.1) is 11.6 Å². The molecular weight excluding hydrogens is 176 g/mol. The van der Waals surface area contributed by atoms with Crippen LogP contribution in [0, 0.1) is 5.92 Å². The summed E-state index contributed by atoms with van der Waals surface area (Å²) in [6, 6.07) is 0. The molecule has 0 amide bonds. The fourth-order valence-corrected chi connectivity index (χ4v) is 0.767. The maximum atomic E-state index is 11.0. The maximum absolute atomic E-state index is 11.0. The van der Waals surface area contributed by atoms with E-state index in [0.717, 1.165) is 0 Å². The summed E-state index contributed by atoms with van der Waals surface area (Å²) in [6.07, 6.45) is 3.54. The van der Waals surface area contributed by atoms with Crippen molar-refractivity contribution >= 4 is 17.6 Å². The van der Waals surface area contributed by atoms with Crippen molar-refractivity contribution in [1.82, 2.24) is 0 Å². The van der Waals surface area contributed by atoms with E-state index in [1.165, 1.54) is 0 Å². The molecule has 0 aliphatic heterocycles. The minimum Gasteiger partial charge on any atom is -0.465 e. The van der Waals surface area contributed by atoms with Gasteiger partial charge in [0.15, 0.2) is 0 Å². The van der Waals surface area contributed by atoms with E-state index in [1.807, 2.05) is 19.9 Å². The van der Waals surface area contributed by atoms with Gasteiger partial charge in [0.2, 0.25) is 0 Å². The third kappa shape index (κ3) is 5.19. The van der Waals surface area contributed by atoms with Crippen LogP contribution < -0.4 is 0 Å². The number of allylic oxidation sites excluding steroid dienone is 1. The van der Waals surface area contributed by atoms with Crippen molar-refractivity contribution in [2.24, 2.45) is 5.92 Å². The summed E-state index contributed by atoms with van der Waals surface area (Å²) in [7, 11) is 0. The van der Waals surface area contributed by atoms with Crippen LogP contribution >= 0.6 is 11.6 Å². The van der Waals surface area contributed by atoms with Crippen LogP contribution in [0.5, 0.6) is 0 Å². The molecular formula is C9H15ClO2. The van der Waals surface area contributed by atoms with Crippen LogP contribution in [0.3, 0.4) is 0 Å². The molecule has 0 aromatic carbocycles. The number of halogens is 1. The molecule has 70 valence electrons. The molecule has 0 heterocycles. The molecule has 12 heavy (non-hydrogen) atoms. The van der Waals surface area contributed by atoms with Gasteiger partial charge in [-0.05, 0) is 12.8 Å². The van der Waals surface area contributed by atoms with Crippen LogP contribution in [0.15, 0.2) is 12.2 Å². The topological polar surface area (TPSA) is 26.3 Å². The van der Waals surface area contributed by atoms with Crippen LogP contribution in [0.1, 0.15) is 20.8 Å². The minimum absolute atomic E-state index is 0.373. The monoisotopic (exact) mass is 190 g/mol. The molecule has 0 rings (SSSR count). The van der Waals surface area contributed by atoms with Crippen LogP contribution in [0.4, 0.5) is 0 Å². The Labute approximate surface area is 78.5 Å². The SMILES string of the molecule is CCOC(=O)C(Cl)C=CC(C)C. The van der Waals surface area contributed by atoms with Crippen molar-refractivity contribution < 1.29 is 9.53 Å². The third-order valence-electron chi connectivity index (χ3n) is 1.18. The molecule has 0 fully saturated rings. The number of esters is 1. The highest BCUT2D eigenvalue weighted by molar-refractivity contribution is 6.31. The Morgan fingerprint density at radius 2 is 2.08 bits per heavy atom. The van der Waals surface area contributed by atoms with E-state index in [9.17, 15) is 4.79 Å². The van der Waals surface area contributed by atoms with Crippen molar-refractivity contribution in [2.45, 2.75) is 26.1 Å². The van der Waals surface area contributed by atoms with Crippen molar-refractivity contribution in [3.63, 3.8) is 0 Å². The van der Waals surface area contributed by atoms with Crippen LogP contribution in [0.2, 0.25) is 0 Å². The highest BCUT2D eigenvalue weighted by atomic mass is 35.5. The predicted molar refractivity (Wildman–Crippen MR) is 50.3 cm³/mol. The minimum atomic E-state index is -0.646. The number of alkyl halides is 1. The fourth-order valence-electron chi connectivity index (χ4n) is 0.620. The summed E-state index contributed by atoms with van der Waals surface area (Å²) < 4.78 is 4.71. The largest absolute Gasteiger partial charge is 0.465 e. The van der Waals surface area contributed by atoms with E-state index in [1.54, 1.807) is 13.0 Å². The number of rotatable bonds is 4. The highest BCUT2D eigenvalue weighted by Gasteiger charge is 2.11. The molecule has 0 spiro atoms. The van der Waals surface area contributed by atoms with E-state index in [0.29, 0.717) is 12.5 Å². The zero-order valence-corrected chi connectivity index (χ0v) is 8.47. The highest BCUT2D eigenvalue weighted by Crippen LogP contribution is 2.04. The normalized spacial score (nSPS) is 13.8. The second-order valence-electron chi connectivity index (χ2n) is 2.78. The van der Waals surface area contributed by atoms with E-state index < -0.39 is 5.38 Å². The van der Waals surface area contributed by atoms with Gasteiger partial charge in [0.05, 0.1) is 6.61 Å². The van der Waals surface area contributed by atoms with E-state index >= 15 is 0 Å². The Balaban J connectivity index is 3.86. The van der Waals surface area contributed by atoms with Crippen LogP contribution in [0.25, 0.3) is 0 Å². The number of carbonyl (C=O) groups is 1. The van der Waals surface area contributed by atoms with Gasteiger partial charge in [-0.25, -0.2) is 0 Å². The summed E-state index contributed by atoms with van der Waals surface area (Å²) in [5.41, 5.74) is 0. The van der Waals surface area contributed by atoms with Crippen molar-refractivity contribution in [2.75, 3.05) is 6.61 Å². The molecule has 0 aromatic rings. The van der Waals surface area contributed by atoms with Gasteiger partial charge in [-0.2, -0.15) is 0 Å². The first-order chi connectivity index (χ1) is 5.57. The Hall–Kier alpha value is -0.500. The average molecular weight is 191 g/mol. The second kappa shape index (κ2) is 6.06. The van der Waals surface area contributed by atoms with Crippen molar-refractivity contribution in [3.05, 3.63) is 12.2 Å². The summed E-state index contributed by atoms with van der Waals surface area (Å²) in [6.45, 7) is 6.17. The lowest BCUT2D eigenvalue weighted by molar-refractivity contribution is -0.141. The molecule has 0 N–H and O–H groups in total. The fraction of sp³-hybridized carbons (Fsp3) is 0.667. The van der Waals surface area contributed by atoms with Gasteiger partial charge >= 0.3 is 5.97 Å². The Morgan fingerprint density at radius 1 is 1.50 bits per heavy atom. The predicted octanol–water partition coefficient (Wildman–Crippen LogP) is 2.37. The molecule has 0 saturated carbocycles. The molecule has 0 aromatic heterocycles. The van der Waals surface area contributed by atoms with E-state index in [-0.39, 0.29) is 5.97 Å². The lowest BCUT2D eigenvalue weighted by atomic mass is 10.2. The van der Waals surface area contributed by atoms with Gasteiger partial charge in [0.25, 0.3) is 0 Å². The Kier molecular flexibility index (Phi) is 5.81. The quantitative estimate of drug-likeness (QED) is 0.387. The number of ether oxygens (including phenoxy) is 1. The molecule has 0 radical (unpaired) electrons. The maximum Gasteiger partial charge on any atom is 0.327 e. The number of hydrogen-bond acceptors (Lipinski definition) is 2. The lowest BCUT2D eigenvalue weighted by Crippen LogP contribution is -2.15. The van der Waals surface area contributed by atoms with Gasteiger partial charge < -0.3 is 4.74 Å². The van der Waals surface area contributed by atoms with E-state index in [4.69, 9.17) is 16.3 Å². The summed E-state index contributed by atoms with van der Waals surface area (Å²) in [5.74, 6) is 0.0248. The molecule has 2 nitrogen and oxygen atoms in total. The first kappa shape index (κ1) is 11.5. The van der Waals surface area contributed by atoms with Crippen molar-refractivity contribution in [3.8, 4) is 0 Å². The third-order valence-corrected chi connectivity index (χ3v) is 1.50. The Bertz CT molecular complexity index is 164. The first-order valence-electron chi connectivity index (χ1n) is 4.07. The van der Waals surface area contributed by atoms with Gasteiger partial charge in [0.1, 0.15) is 5.38 Å². The molecule has 0 aliphatic rings. The van der Waals surface area contributed by atoms with E-state index in [2.05, 4.69) is 0 Å².